The number of benzene rings is 1. The second-order valence-electron chi connectivity index (χ2n) is 7.02. The van der Waals surface area contributed by atoms with E-state index in [1.807, 2.05) is 18.2 Å². The van der Waals surface area contributed by atoms with Crippen molar-refractivity contribution in [3.05, 3.63) is 33.8 Å². The maximum Gasteiger partial charge on any atom is 0.254 e. The second-order valence-corrected chi connectivity index (χ2v) is 7.94. The molecule has 2 fully saturated rings. The molecule has 1 aromatic carbocycles. The Hall–Kier alpha value is -1.40. The van der Waals surface area contributed by atoms with Crippen LogP contribution in [-0.2, 0) is 10.2 Å². The van der Waals surface area contributed by atoms with Crippen molar-refractivity contribution in [2.45, 2.75) is 43.2 Å². The summed E-state index contributed by atoms with van der Waals surface area (Å²) in [5, 5.41) is 12.2. The van der Waals surface area contributed by atoms with Gasteiger partial charge in [0.25, 0.3) is 5.91 Å². The third-order valence-corrected chi connectivity index (χ3v) is 5.72. The first-order valence-corrected chi connectivity index (χ1v) is 8.83. The molecule has 4 rings (SSSR count). The summed E-state index contributed by atoms with van der Waals surface area (Å²) >= 11 is 3.48. The zero-order valence-electron chi connectivity index (χ0n) is 12.7. The molecule has 2 N–H and O–H groups in total. The quantitative estimate of drug-likeness (QED) is 0.838. The van der Waals surface area contributed by atoms with Gasteiger partial charge in [-0.1, -0.05) is 15.9 Å². The molecule has 6 heteroatoms. The van der Waals surface area contributed by atoms with Crippen LogP contribution in [0.15, 0.2) is 22.7 Å². The summed E-state index contributed by atoms with van der Waals surface area (Å²) in [5.41, 5.74) is 1.89. The topological polar surface area (TPSA) is 69.6 Å². The van der Waals surface area contributed by atoms with E-state index in [2.05, 4.69) is 21.2 Å². The lowest BCUT2D eigenvalue weighted by atomic mass is 9.86. The summed E-state index contributed by atoms with van der Waals surface area (Å²) in [6.45, 7) is 0.721. The van der Waals surface area contributed by atoms with Crippen LogP contribution in [0.25, 0.3) is 0 Å². The molecule has 0 saturated heterocycles. The van der Waals surface area contributed by atoms with Crippen molar-refractivity contribution in [3.8, 4) is 0 Å². The predicted molar refractivity (Wildman–Crippen MR) is 88.1 cm³/mol. The number of nitrogens with zero attached hydrogens (tertiary/aromatic N) is 1. The maximum absolute atomic E-state index is 12.7. The highest BCUT2D eigenvalue weighted by Crippen LogP contribution is 2.52. The van der Waals surface area contributed by atoms with Crippen molar-refractivity contribution in [1.82, 2.24) is 10.2 Å². The monoisotopic (exact) mass is 378 g/mol. The summed E-state index contributed by atoms with van der Waals surface area (Å²) < 4.78 is 0.991. The SMILES string of the molecule is O=C(CN1CC2(CC2)c2cc(Br)ccc2C1=O)NC1CC(O)C1. The minimum absolute atomic E-state index is 0.0416. The molecule has 1 spiro atoms. The number of hydrogen-bond donors (Lipinski definition) is 2. The van der Waals surface area contributed by atoms with E-state index in [-0.39, 0.29) is 35.9 Å². The number of carbonyl (C=O) groups is 2. The molecule has 0 unspecified atom stereocenters. The zero-order valence-corrected chi connectivity index (χ0v) is 14.3. The van der Waals surface area contributed by atoms with Crippen molar-refractivity contribution in [3.63, 3.8) is 0 Å². The Bertz CT molecular complexity index is 680. The van der Waals surface area contributed by atoms with Gasteiger partial charge in [0.2, 0.25) is 5.91 Å². The number of halogens is 1. The van der Waals surface area contributed by atoms with Crippen LogP contribution in [0.4, 0.5) is 0 Å². The van der Waals surface area contributed by atoms with Crippen molar-refractivity contribution in [2.24, 2.45) is 0 Å². The first-order chi connectivity index (χ1) is 11.0. The standard InChI is InChI=1S/C17H19BrN2O3/c18-10-1-2-13-14(5-10)17(3-4-17)9-20(16(13)23)8-15(22)19-11-6-12(21)7-11/h1-2,5,11-12,21H,3-4,6-9H2,(H,19,22). The third kappa shape index (κ3) is 2.68. The summed E-state index contributed by atoms with van der Waals surface area (Å²) in [4.78, 5) is 26.5. The van der Waals surface area contributed by atoms with Crippen LogP contribution in [0, 0.1) is 0 Å². The Morgan fingerprint density at radius 2 is 2.13 bits per heavy atom. The highest BCUT2D eigenvalue weighted by atomic mass is 79.9. The average Bonchev–Trinajstić information content (AvgIpc) is 3.23. The number of rotatable bonds is 3. The average molecular weight is 379 g/mol. The molecule has 1 aromatic rings. The number of nitrogens with one attached hydrogen (secondary N) is 1. The van der Waals surface area contributed by atoms with Gasteiger partial charge in [-0.2, -0.15) is 0 Å². The van der Waals surface area contributed by atoms with Crippen molar-refractivity contribution in [2.75, 3.05) is 13.1 Å². The van der Waals surface area contributed by atoms with E-state index < -0.39 is 0 Å². The molecule has 2 aliphatic carbocycles. The van der Waals surface area contributed by atoms with Crippen LogP contribution in [0.5, 0.6) is 0 Å². The fourth-order valence-electron chi connectivity index (χ4n) is 3.69. The van der Waals surface area contributed by atoms with Crippen LogP contribution in [0.1, 0.15) is 41.6 Å². The predicted octanol–water partition coefficient (Wildman–Crippen LogP) is 1.58. The third-order valence-electron chi connectivity index (χ3n) is 5.23. The Kier molecular flexibility index (Phi) is 3.50. The lowest BCUT2D eigenvalue weighted by Gasteiger charge is -2.36. The van der Waals surface area contributed by atoms with E-state index in [9.17, 15) is 14.7 Å². The fourth-order valence-corrected chi connectivity index (χ4v) is 4.05. The fraction of sp³-hybridized carbons (Fsp3) is 0.529. The van der Waals surface area contributed by atoms with Crippen LogP contribution >= 0.6 is 15.9 Å². The summed E-state index contributed by atoms with van der Waals surface area (Å²) in [6.07, 6.45) is 3.06. The van der Waals surface area contributed by atoms with Gasteiger partial charge in [0, 0.05) is 28.0 Å². The molecule has 0 radical (unpaired) electrons. The molecule has 23 heavy (non-hydrogen) atoms. The van der Waals surface area contributed by atoms with E-state index in [1.54, 1.807) is 4.90 Å². The highest BCUT2D eigenvalue weighted by molar-refractivity contribution is 9.10. The molecule has 0 bridgehead atoms. The Morgan fingerprint density at radius 3 is 2.78 bits per heavy atom. The molecule has 1 aliphatic heterocycles. The largest absolute Gasteiger partial charge is 0.393 e. The Labute approximate surface area is 143 Å². The summed E-state index contributed by atoms with van der Waals surface area (Å²) in [7, 11) is 0. The summed E-state index contributed by atoms with van der Waals surface area (Å²) in [5.74, 6) is -0.194. The molecule has 5 nitrogen and oxygen atoms in total. The van der Waals surface area contributed by atoms with E-state index >= 15 is 0 Å². The highest BCUT2D eigenvalue weighted by Gasteiger charge is 2.51. The van der Waals surface area contributed by atoms with E-state index in [4.69, 9.17) is 0 Å². The Morgan fingerprint density at radius 1 is 1.39 bits per heavy atom. The lowest BCUT2D eigenvalue weighted by molar-refractivity contribution is -0.124. The van der Waals surface area contributed by atoms with Gasteiger partial charge < -0.3 is 15.3 Å². The zero-order chi connectivity index (χ0) is 16.2. The van der Waals surface area contributed by atoms with E-state index in [1.165, 1.54) is 0 Å². The molecule has 3 aliphatic rings. The minimum atomic E-state index is -0.294. The molecule has 122 valence electrons. The van der Waals surface area contributed by atoms with Crippen molar-refractivity contribution in [1.29, 1.82) is 0 Å². The molecule has 2 saturated carbocycles. The van der Waals surface area contributed by atoms with Crippen LogP contribution in [0.3, 0.4) is 0 Å². The van der Waals surface area contributed by atoms with Gasteiger partial charge >= 0.3 is 0 Å². The first-order valence-electron chi connectivity index (χ1n) is 8.04. The maximum atomic E-state index is 12.7. The van der Waals surface area contributed by atoms with E-state index in [0.29, 0.717) is 19.4 Å². The van der Waals surface area contributed by atoms with Crippen molar-refractivity contribution < 1.29 is 14.7 Å². The lowest BCUT2D eigenvalue weighted by Crippen LogP contribution is -2.52. The second kappa shape index (κ2) is 5.31. The number of carbonyl (C=O) groups excluding carboxylic acids is 2. The molecule has 2 amide bonds. The molecular formula is C17H19BrN2O3. The van der Waals surface area contributed by atoms with E-state index in [0.717, 1.165) is 28.4 Å². The molecular weight excluding hydrogens is 360 g/mol. The number of hydrogen-bond acceptors (Lipinski definition) is 3. The molecule has 0 aromatic heterocycles. The number of aliphatic hydroxyl groups is 1. The van der Waals surface area contributed by atoms with Gasteiger partial charge in [-0.05, 0) is 49.4 Å². The van der Waals surface area contributed by atoms with Gasteiger partial charge in [-0.3, -0.25) is 9.59 Å². The summed E-state index contributed by atoms with van der Waals surface area (Å²) in [6, 6.07) is 5.84. The van der Waals surface area contributed by atoms with Gasteiger partial charge in [-0.15, -0.1) is 0 Å². The molecule has 0 atom stereocenters. The Balaban J connectivity index is 1.49. The van der Waals surface area contributed by atoms with Gasteiger partial charge in [0.15, 0.2) is 0 Å². The van der Waals surface area contributed by atoms with Crippen LogP contribution < -0.4 is 5.32 Å². The van der Waals surface area contributed by atoms with Gasteiger partial charge in [0.1, 0.15) is 0 Å². The smallest absolute Gasteiger partial charge is 0.254 e. The van der Waals surface area contributed by atoms with Crippen molar-refractivity contribution >= 4 is 27.7 Å². The normalized spacial score (nSPS) is 27.4. The van der Waals surface area contributed by atoms with Gasteiger partial charge in [0.05, 0.1) is 12.6 Å². The van der Waals surface area contributed by atoms with Crippen LogP contribution in [0.2, 0.25) is 0 Å². The number of fused-ring (bicyclic) bond motifs is 2. The first kappa shape index (κ1) is 15.1. The number of amides is 2. The number of aliphatic hydroxyl groups excluding tert-OH is 1. The van der Waals surface area contributed by atoms with Crippen LogP contribution in [-0.4, -0.2) is 47.1 Å². The molecule has 1 heterocycles. The minimum Gasteiger partial charge on any atom is -0.393 e. The van der Waals surface area contributed by atoms with Gasteiger partial charge in [-0.25, -0.2) is 0 Å².